The molecule has 0 unspecified atom stereocenters. The number of aromatic nitrogens is 2. The van der Waals surface area contributed by atoms with Crippen molar-refractivity contribution in [2.75, 3.05) is 66.4 Å². The van der Waals surface area contributed by atoms with Crippen molar-refractivity contribution in [3.05, 3.63) is 35.9 Å². The lowest BCUT2D eigenvalue weighted by atomic mass is 10.2. The van der Waals surface area contributed by atoms with Gasteiger partial charge in [-0.05, 0) is 25.0 Å². The largest absolute Gasteiger partial charge is 0.395 e. The van der Waals surface area contributed by atoms with Gasteiger partial charge in [0.05, 0.1) is 6.61 Å². The molecule has 1 aliphatic heterocycles. The molecule has 29 heavy (non-hydrogen) atoms. The molecule has 1 aromatic carbocycles. The van der Waals surface area contributed by atoms with E-state index >= 15 is 0 Å². The Hall–Kier alpha value is -3.05. The number of aliphatic hydroxyl groups excluding tert-OH is 1. The predicted octanol–water partition coefficient (Wildman–Crippen LogP) is 1.68. The van der Waals surface area contributed by atoms with Gasteiger partial charge in [0, 0.05) is 51.5 Å². The number of hydrogen-bond donors (Lipinski definition) is 2. The second kappa shape index (κ2) is 8.53. The highest BCUT2D eigenvalue weighted by molar-refractivity contribution is 5.68. The monoisotopic (exact) mass is 393 g/mol. The molecule has 0 atom stereocenters. The highest BCUT2D eigenvalue weighted by atomic mass is 16.3. The molecule has 0 spiro atoms. The summed E-state index contributed by atoms with van der Waals surface area (Å²) >= 11 is 0. The van der Waals surface area contributed by atoms with E-state index in [9.17, 15) is 10.4 Å². The van der Waals surface area contributed by atoms with Crippen LogP contribution in [0.4, 0.5) is 23.3 Å². The van der Waals surface area contributed by atoms with Crippen molar-refractivity contribution in [3.63, 3.8) is 0 Å². The van der Waals surface area contributed by atoms with Gasteiger partial charge in [-0.25, -0.2) is 0 Å². The fourth-order valence-electron chi connectivity index (χ4n) is 3.67. The molecule has 2 aromatic rings. The van der Waals surface area contributed by atoms with Crippen LogP contribution in [-0.2, 0) is 0 Å². The van der Waals surface area contributed by atoms with Crippen molar-refractivity contribution in [2.45, 2.75) is 18.9 Å². The first-order valence-corrected chi connectivity index (χ1v) is 10.2. The molecular formula is C21H27N7O. The van der Waals surface area contributed by atoms with E-state index in [1.165, 1.54) is 5.69 Å². The topological polar surface area (TPSA) is 91.5 Å². The van der Waals surface area contributed by atoms with E-state index in [1.807, 2.05) is 13.1 Å². The molecule has 1 saturated carbocycles. The summed E-state index contributed by atoms with van der Waals surface area (Å²) in [5.41, 5.74) is 1.66. The Kier molecular flexibility index (Phi) is 5.67. The van der Waals surface area contributed by atoms with Gasteiger partial charge in [0.15, 0.2) is 11.6 Å². The molecule has 0 amide bonds. The number of anilines is 4. The summed E-state index contributed by atoms with van der Waals surface area (Å²) in [6.07, 6.45) is 2.29. The molecule has 152 valence electrons. The Bertz CT molecular complexity index is 871. The summed E-state index contributed by atoms with van der Waals surface area (Å²) in [5.74, 6) is 1.81. The highest BCUT2D eigenvalue weighted by Crippen LogP contribution is 2.32. The Balaban J connectivity index is 1.60. The van der Waals surface area contributed by atoms with Crippen LogP contribution in [0.1, 0.15) is 18.4 Å². The second-order valence-corrected chi connectivity index (χ2v) is 7.48. The lowest BCUT2D eigenvalue weighted by Gasteiger charge is -2.37. The standard InChI is InChI=1S/C21H27N7O/c1-26(16-7-8-16)21-24-19(23-9-14-29)18(15-22)20(25-21)28-12-10-27(11-13-28)17-5-3-2-4-6-17/h2-6,16,29H,7-14H2,1H3,(H,23,24,25). The molecule has 8 nitrogen and oxygen atoms in total. The number of hydrogen-bond acceptors (Lipinski definition) is 8. The van der Waals surface area contributed by atoms with Crippen LogP contribution in [0.3, 0.4) is 0 Å². The zero-order chi connectivity index (χ0) is 20.2. The van der Waals surface area contributed by atoms with Crippen LogP contribution in [0.15, 0.2) is 30.3 Å². The van der Waals surface area contributed by atoms with Gasteiger partial charge in [0.25, 0.3) is 0 Å². The van der Waals surface area contributed by atoms with E-state index in [0.717, 1.165) is 39.0 Å². The number of nitrogens with zero attached hydrogens (tertiary/aromatic N) is 6. The molecule has 2 fully saturated rings. The molecule has 2 heterocycles. The molecule has 2 N–H and O–H groups in total. The van der Waals surface area contributed by atoms with E-state index in [2.05, 4.69) is 55.3 Å². The highest BCUT2D eigenvalue weighted by Gasteiger charge is 2.30. The molecule has 0 radical (unpaired) electrons. The fourth-order valence-corrected chi connectivity index (χ4v) is 3.67. The van der Waals surface area contributed by atoms with Gasteiger partial charge in [0.2, 0.25) is 5.95 Å². The van der Waals surface area contributed by atoms with Crippen molar-refractivity contribution in [1.29, 1.82) is 5.26 Å². The van der Waals surface area contributed by atoms with Crippen LogP contribution in [0, 0.1) is 11.3 Å². The quantitative estimate of drug-likeness (QED) is 0.734. The normalized spacial score (nSPS) is 16.4. The third kappa shape index (κ3) is 4.20. The van der Waals surface area contributed by atoms with Crippen LogP contribution in [0.25, 0.3) is 0 Å². The molecule has 0 bridgehead atoms. The molecule has 1 aromatic heterocycles. The zero-order valence-electron chi connectivity index (χ0n) is 16.8. The third-order valence-electron chi connectivity index (χ3n) is 5.50. The lowest BCUT2D eigenvalue weighted by molar-refractivity contribution is 0.311. The van der Waals surface area contributed by atoms with Crippen molar-refractivity contribution < 1.29 is 5.11 Å². The number of para-hydroxylation sites is 1. The zero-order valence-corrected chi connectivity index (χ0v) is 16.8. The first-order valence-electron chi connectivity index (χ1n) is 10.2. The number of piperazine rings is 1. The maximum absolute atomic E-state index is 9.83. The van der Waals surface area contributed by atoms with E-state index in [-0.39, 0.29) is 6.61 Å². The van der Waals surface area contributed by atoms with Gasteiger partial charge < -0.3 is 25.1 Å². The summed E-state index contributed by atoms with van der Waals surface area (Å²) in [4.78, 5) is 16.0. The average Bonchev–Trinajstić information content (AvgIpc) is 3.62. The fraction of sp³-hybridized carbons (Fsp3) is 0.476. The number of benzene rings is 1. The second-order valence-electron chi connectivity index (χ2n) is 7.48. The predicted molar refractivity (Wildman–Crippen MR) is 115 cm³/mol. The summed E-state index contributed by atoms with van der Waals surface area (Å²) in [7, 11) is 2.01. The molecular weight excluding hydrogens is 366 g/mol. The van der Waals surface area contributed by atoms with Gasteiger partial charge >= 0.3 is 0 Å². The van der Waals surface area contributed by atoms with E-state index in [4.69, 9.17) is 4.98 Å². The van der Waals surface area contributed by atoms with Crippen molar-refractivity contribution in [1.82, 2.24) is 9.97 Å². The molecule has 1 saturated heterocycles. The van der Waals surface area contributed by atoms with Crippen molar-refractivity contribution in [3.8, 4) is 6.07 Å². The average molecular weight is 393 g/mol. The molecule has 1 aliphatic carbocycles. The van der Waals surface area contributed by atoms with Crippen LogP contribution in [-0.4, -0.2) is 67.5 Å². The van der Waals surface area contributed by atoms with Gasteiger partial charge in [-0.3, -0.25) is 0 Å². The summed E-state index contributed by atoms with van der Waals surface area (Å²) in [6.45, 7) is 3.63. The van der Waals surface area contributed by atoms with E-state index < -0.39 is 0 Å². The van der Waals surface area contributed by atoms with Crippen LogP contribution < -0.4 is 20.0 Å². The smallest absolute Gasteiger partial charge is 0.229 e. The van der Waals surface area contributed by atoms with E-state index in [1.54, 1.807) is 0 Å². The molecule has 8 heteroatoms. The molecule has 4 rings (SSSR count). The Morgan fingerprint density at radius 3 is 2.45 bits per heavy atom. The number of nitrogens with one attached hydrogen (secondary N) is 1. The SMILES string of the molecule is CN(c1nc(NCCO)c(C#N)c(N2CCN(c3ccccc3)CC2)n1)C1CC1. The number of aliphatic hydroxyl groups is 1. The first kappa shape index (κ1) is 19.3. The van der Waals surface area contributed by atoms with Gasteiger partial charge in [-0.15, -0.1) is 0 Å². The third-order valence-corrected chi connectivity index (χ3v) is 5.50. The minimum absolute atomic E-state index is 0.0201. The van der Waals surface area contributed by atoms with Gasteiger partial charge in [-0.1, -0.05) is 18.2 Å². The minimum Gasteiger partial charge on any atom is -0.395 e. The van der Waals surface area contributed by atoms with Gasteiger partial charge in [0.1, 0.15) is 11.6 Å². The maximum atomic E-state index is 9.83. The summed E-state index contributed by atoms with van der Waals surface area (Å²) in [6, 6.07) is 13.1. The Morgan fingerprint density at radius 2 is 1.83 bits per heavy atom. The maximum Gasteiger partial charge on any atom is 0.229 e. The summed E-state index contributed by atoms with van der Waals surface area (Å²) < 4.78 is 0. The van der Waals surface area contributed by atoms with Gasteiger partial charge in [-0.2, -0.15) is 15.2 Å². The van der Waals surface area contributed by atoms with Crippen LogP contribution in [0.2, 0.25) is 0 Å². The van der Waals surface area contributed by atoms with Crippen LogP contribution in [0.5, 0.6) is 0 Å². The first-order chi connectivity index (χ1) is 14.2. The minimum atomic E-state index is -0.0201. The molecule has 2 aliphatic rings. The number of nitriles is 1. The number of rotatable bonds is 7. The Morgan fingerprint density at radius 1 is 1.14 bits per heavy atom. The van der Waals surface area contributed by atoms with Crippen molar-refractivity contribution >= 4 is 23.3 Å². The lowest BCUT2D eigenvalue weighted by Crippen LogP contribution is -2.47. The Labute approximate surface area is 171 Å². The summed E-state index contributed by atoms with van der Waals surface area (Å²) in [5, 5.41) is 22.1. The van der Waals surface area contributed by atoms with Crippen LogP contribution >= 0.6 is 0 Å². The van der Waals surface area contributed by atoms with E-state index in [0.29, 0.717) is 35.7 Å². The van der Waals surface area contributed by atoms with Crippen molar-refractivity contribution in [2.24, 2.45) is 0 Å².